The Bertz CT molecular complexity index is 813. The molecule has 1 N–H and O–H groups in total. The van der Waals surface area contributed by atoms with Gasteiger partial charge in [-0.3, -0.25) is 9.59 Å². The number of rotatable bonds is 3. The van der Waals surface area contributed by atoms with Crippen LogP contribution in [0.2, 0.25) is 0 Å². The lowest BCUT2D eigenvalue weighted by molar-refractivity contribution is -0.138. The van der Waals surface area contributed by atoms with Crippen molar-refractivity contribution in [1.82, 2.24) is 10.2 Å². The lowest BCUT2D eigenvalue weighted by Crippen LogP contribution is -2.46. The van der Waals surface area contributed by atoms with Crippen LogP contribution in [0.3, 0.4) is 0 Å². The Morgan fingerprint density at radius 2 is 1.52 bits per heavy atom. The number of carbonyl (C=O) groups excluding carboxylic acids is 2. The molecule has 1 fully saturated rings. The van der Waals surface area contributed by atoms with Gasteiger partial charge in [0, 0.05) is 24.7 Å². The molecule has 0 bridgehead atoms. The first-order chi connectivity index (χ1) is 12.9. The van der Waals surface area contributed by atoms with Gasteiger partial charge in [-0.05, 0) is 37.1 Å². The van der Waals surface area contributed by atoms with Crippen LogP contribution in [-0.2, 0) is 6.18 Å². The molecule has 4 nitrogen and oxygen atoms in total. The molecule has 1 saturated heterocycles. The topological polar surface area (TPSA) is 49.4 Å². The zero-order chi connectivity index (χ0) is 19.4. The van der Waals surface area contributed by atoms with Gasteiger partial charge in [-0.2, -0.15) is 13.2 Å². The second kappa shape index (κ2) is 7.82. The maximum Gasteiger partial charge on any atom is 0.417 e. The number of carbonyl (C=O) groups is 2. The monoisotopic (exact) mass is 376 g/mol. The van der Waals surface area contributed by atoms with Gasteiger partial charge in [-0.15, -0.1) is 0 Å². The van der Waals surface area contributed by atoms with Gasteiger partial charge in [0.15, 0.2) is 0 Å². The molecule has 3 rings (SSSR count). The molecule has 0 atom stereocenters. The number of piperidine rings is 1. The molecule has 0 spiro atoms. The first-order valence-electron chi connectivity index (χ1n) is 8.67. The van der Waals surface area contributed by atoms with Crippen LogP contribution in [0.5, 0.6) is 0 Å². The van der Waals surface area contributed by atoms with Gasteiger partial charge in [-0.1, -0.05) is 30.3 Å². The summed E-state index contributed by atoms with van der Waals surface area (Å²) in [6.07, 6.45) is -3.58. The summed E-state index contributed by atoms with van der Waals surface area (Å²) in [5.41, 5.74) is -0.707. The fourth-order valence-corrected chi connectivity index (χ4v) is 3.17. The van der Waals surface area contributed by atoms with E-state index in [-0.39, 0.29) is 17.5 Å². The van der Waals surface area contributed by atoms with E-state index >= 15 is 0 Å². The number of nitrogens with one attached hydrogen (secondary N) is 1. The minimum Gasteiger partial charge on any atom is -0.349 e. The van der Waals surface area contributed by atoms with E-state index < -0.39 is 17.6 Å². The van der Waals surface area contributed by atoms with Crippen molar-refractivity contribution < 1.29 is 22.8 Å². The van der Waals surface area contributed by atoms with Crippen LogP contribution in [0.25, 0.3) is 0 Å². The van der Waals surface area contributed by atoms with Gasteiger partial charge < -0.3 is 10.2 Å². The molecule has 142 valence electrons. The summed E-state index contributed by atoms with van der Waals surface area (Å²) in [6, 6.07) is 13.5. The molecule has 27 heavy (non-hydrogen) atoms. The third-order valence-corrected chi connectivity index (χ3v) is 4.62. The summed E-state index contributed by atoms with van der Waals surface area (Å²) in [7, 11) is 0. The fraction of sp³-hybridized carbons (Fsp3) is 0.300. The molecule has 0 radical (unpaired) electrons. The molecule has 1 aliphatic heterocycles. The predicted octanol–water partition coefficient (Wildman–Crippen LogP) is 3.74. The fourth-order valence-electron chi connectivity index (χ4n) is 3.17. The van der Waals surface area contributed by atoms with Crippen LogP contribution >= 0.6 is 0 Å². The Hall–Kier alpha value is -2.83. The Kier molecular flexibility index (Phi) is 5.48. The second-order valence-electron chi connectivity index (χ2n) is 6.45. The molecular weight excluding hydrogens is 357 g/mol. The molecule has 1 aliphatic rings. The highest BCUT2D eigenvalue weighted by Gasteiger charge is 2.36. The summed E-state index contributed by atoms with van der Waals surface area (Å²) >= 11 is 0. The van der Waals surface area contributed by atoms with E-state index in [9.17, 15) is 22.8 Å². The summed E-state index contributed by atoms with van der Waals surface area (Å²) in [4.78, 5) is 26.2. The molecule has 1 heterocycles. The molecule has 0 unspecified atom stereocenters. The maximum atomic E-state index is 13.1. The number of hydrogen-bond acceptors (Lipinski definition) is 2. The van der Waals surface area contributed by atoms with E-state index in [1.54, 1.807) is 24.3 Å². The zero-order valence-corrected chi connectivity index (χ0v) is 14.5. The van der Waals surface area contributed by atoms with Crippen molar-refractivity contribution in [2.45, 2.75) is 25.1 Å². The van der Waals surface area contributed by atoms with Crippen molar-refractivity contribution in [2.24, 2.45) is 0 Å². The standard InChI is InChI=1S/C20H19F3N2O2/c21-20(22,23)17-9-5-4-8-16(17)19(27)25-12-10-15(11-13-25)24-18(26)14-6-2-1-3-7-14/h1-9,15H,10-13H2,(H,24,26). The molecule has 7 heteroatoms. The number of hydrogen-bond donors (Lipinski definition) is 1. The van der Waals surface area contributed by atoms with Crippen LogP contribution in [-0.4, -0.2) is 35.8 Å². The van der Waals surface area contributed by atoms with Crippen LogP contribution in [0.1, 0.15) is 39.1 Å². The molecule has 2 amide bonds. The SMILES string of the molecule is O=C(NC1CCN(C(=O)c2ccccc2C(F)(F)F)CC1)c1ccccc1. The van der Waals surface area contributed by atoms with Crippen molar-refractivity contribution in [1.29, 1.82) is 0 Å². The number of halogens is 3. The van der Waals surface area contributed by atoms with Gasteiger partial charge in [-0.25, -0.2) is 0 Å². The van der Waals surface area contributed by atoms with E-state index in [0.717, 1.165) is 6.07 Å². The highest BCUT2D eigenvalue weighted by molar-refractivity contribution is 5.96. The van der Waals surface area contributed by atoms with Crippen LogP contribution in [0, 0.1) is 0 Å². The van der Waals surface area contributed by atoms with Crippen LogP contribution in [0.4, 0.5) is 13.2 Å². The second-order valence-corrected chi connectivity index (χ2v) is 6.45. The van der Waals surface area contributed by atoms with Gasteiger partial charge in [0.25, 0.3) is 11.8 Å². The van der Waals surface area contributed by atoms with E-state index in [1.165, 1.54) is 23.1 Å². The van der Waals surface area contributed by atoms with Crippen LogP contribution < -0.4 is 5.32 Å². The smallest absolute Gasteiger partial charge is 0.349 e. The predicted molar refractivity (Wildman–Crippen MR) is 94.3 cm³/mol. The van der Waals surface area contributed by atoms with Crippen molar-refractivity contribution in [3.8, 4) is 0 Å². The Balaban J connectivity index is 1.61. The summed E-state index contributed by atoms with van der Waals surface area (Å²) in [5, 5.41) is 2.91. The minimum absolute atomic E-state index is 0.111. The number of amides is 2. The van der Waals surface area contributed by atoms with Gasteiger partial charge in [0.1, 0.15) is 0 Å². The van der Waals surface area contributed by atoms with Crippen LogP contribution in [0.15, 0.2) is 54.6 Å². The lowest BCUT2D eigenvalue weighted by Gasteiger charge is -2.33. The Morgan fingerprint density at radius 1 is 0.926 bits per heavy atom. The summed E-state index contributed by atoms with van der Waals surface area (Å²) in [5.74, 6) is -0.821. The third-order valence-electron chi connectivity index (χ3n) is 4.62. The summed E-state index contributed by atoms with van der Waals surface area (Å²) in [6.45, 7) is 0.593. The van der Waals surface area contributed by atoms with E-state index in [0.29, 0.717) is 31.5 Å². The van der Waals surface area contributed by atoms with E-state index in [4.69, 9.17) is 0 Å². The van der Waals surface area contributed by atoms with E-state index in [1.807, 2.05) is 6.07 Å². The highest BCUT2D eigenvalue weighted by Crippen LogP contribution is 2.32. The Labute approximate surface area is 155 Å². The highest BCUT2D eigenvalue weighted by atomic mass is 19.4. The normalized spacial score (nSPS) is 15.4. The average molecular weight is 376 g/mol. The van der Waals surface area contributed by atoms with Crippen molar-refractivity contribution in [2.75, 3.05) is 13.1 Å². The molecule has 0 aliphatic carbocycles. The molecule has 0 aromatic heterocycles. The first kappa shape index (κ1) is 18.9. The van der Waals surface area contributed by atoms with Crippen molar-refractivity contribution in [3.63, 3.8) is 0 Å². The minimum atomic E-state index is -4.58. The molecule has 0 saturated carbocycles. The maximum absolute atomic E-state index is 13.1. The number of likely N-dealkylation sites (tertiary alicyclic amines) is 1. The largest absolute Gasteiger partial charge is 0.417 e. The molecular formula is C20H19F3N2O2. The Morgan fingerprint density at radius 3 is 2.15 bits per heavy atom. The van der Waals surface area contributed by atoms with Gasteiger partial charge in [0.05, 0.1) is 11.1 Å². The summed E-state index contributed by atoms with van der Waals surface area (Å²) < 4.78 is 39.4. The van der Waals surface area contributed by atoms with E-state index in [2.05, 4.69) is 5.32 Å². The average Bonchev–Trinajstić information content (AvgIpc) is 2.68. The molecule has 2 aromatic carbocycles. The third kappa shape index (κ3) is 4.48. The quantitative estimate of drug-likeness (QED) is 0.887. The van der Waals surface area contributed by atoms with Gasteiger partial charge in [0.2, 0.25) is 0 Å². The lowest BCUT2D eigenvalue weighted by atomic mass is 10.0. The number of nitrogens with zero attached hydrogens (tertiary/aromatic N) is 1. The number of benzene rings is 2. The van der Waals surface area contributed by atoms with Crippen molar-refractivity contribution >= 4 is 11.8 Å². The van der Waals surface area contributed by atoms with Gasteiger partial charge >= 0.3 is 6.18 Å². The number of alkyl halides is 3. The zero-order valence-electron chi connectivity index (χ0n) is 14.5. The first-order valence-corrected chi connectivity index (χ1v) is 8.67. The molecule has 2 aromatic rings. The van der Waals surface area contributed by atoms with Crippen molar-refractivity contribution in [3.05, 3.63) is 71.3 Å².